The van der Waals surface area contributed by atoms with E-state index in [9.17, 15) is 9.59 Å². The highest BCUT2D eigenvalue weighted by Crippen LogP contribution is 2.18. The van der Waals surface area contributed by atoms with Gasteiger partial charge in [0.2, 0.25) is 5.91 Å². The molecule has 0 aliphatic heterocycles. The summed E-state index contributed by atoms with van der Waals surface area (Å²) in [4.78, 5) is 26.3. The van der Waals surface area contributed by atoms with Crippen molar-refractivity contribution in [1.29, 1.82) is 0 Å². The van der Waals surface area contributed by atoms with Crippen LogP contribution in [0.2, 0.25) is 0 Å². The van der Waals surface area contributed by atoms with Crippen molar-refractivity contribution in [3.63, 3.8) is 0 Å². The SMILES string of the molecule is CCN(CCNC(=O)CNC(=O)c1ccccc1C)c1ccccc1C. The molecule has 0 spiro atoms. The number of rotatable bonds is 8. The predicted molar refractivity (Wildman–Crippen MR) is 106 cm³/mol. The number of likely N-dealkylation sites (N-methyl/N-ethyl adjacent to an activating group) is 1. The Morgan fingerprint density at radius 1 is 0.923 bits per heavy atom. The van der Waals surface area contributed by atoms with E-state index < -0.39 is 0 Å². The topological polar surface area (TPSA) is 61.4 Å². The maximum atomic E-state index is 12.1. The summed E-state index contributed by atoms with van der Waals surface area (Å²) in [6.07, 6.45) is 0. The zero-order chi connectivity index (χ0) is 18.9. The summed E-state index contributed by atoms with van der Waals surface area (Å²) in [5.74, 6) is -0.416. The normalized spacial score (nSPS) is 10.3. The quantitative estimate of drug-likeness (QED) is 0.767. The summed E-state index contributed by atoms with van der Waals surface area (Å²) in [6, 6.07) is 15.5. The van der Waals surface area contributed by atoms with Crippen molar-refractivity contribution < 1.29 is 9.59 Å². The molecular weight excluding hydrogens is 326 g/mol. The largest absolute Gasteiger partial charge is 0.370 e. The molecule has 0 saturated heterocycles. The highest BCUT2D eigenvalue weighted by Gasteiger charge is 2.11. The number of hydrogen-bond acceptors (Lipinski definition) is 3. The molecule has 5 heteroatoms. The van der Waals surface area contributed by atoms with Gasteiger partial charge in [-0.05, 0) is 44.0 Å². The minimum Gasteiger partial charge on any atom is -0.370 e. The lowest BCUT2D eigenvalue weighted by Crippen LogP contribution is -2.40. The number of amides is 2. The lowest BCUT2D eigenvalue weighted by Gasteiger charge is -2.25. The molecule has 2 amide bonds. The van der Waals surface area contributed by atoms with Crippen molar-refractivity contribution in [3.8, 4) is 0 Å². The Labute approximate surface area is 155 Å². The van der Waals surface area contributed by atoms with Gasteiger partial charge in [0.15, 0.2) is 0 Å². The molecule has 26 heavy (non-hydrogen) atoms. The molecule has 0 fully saturated rings. The van der Waals surface area contributed by atoms with Gasteiger partial charge in [-0.2, -0.15) is 0 Å². The molecule has 0 bridgehead atoms. The first-order valence-electron chi connectivity index (χ1n) is 8.94. The monoisotopic (exact) mass is 353 g/mol. The number of anilines is 1. The molecule has 2 rings (SSSR count). The zero-order valence-electron chi connectivity index (χ0n) is 15.7. The van der Waals surface area contributed by atoms with Gasteiger partial charge < -0.3 is 15.5 Å². The van der Waals surface area contributed by atoms with Crippen molar-refractivity contribution in [2.24, 2.45) is 0 Å². The Hall–Kier alpha value is -2.82. The number of benzene rings is 2. The van der Waals surface area contributed by atoms with E-state index in [4.69, 9.17) is 0 Å². The number of carbonyl (C=O) groups is 2. The maximum absolute atomic E-state index is 12.1. The van der Waals surface area contributed by atoms with Gasteiger partial charge in [-0.15, -0.1) is 0 Å². The highest BCUT2D eigenvalue weighted by molar-refractivity contribution is 5.97. The van der Waals surface area contributed by atoms with Gasteiger partial charge in [-0.1, -0.05) is 36.4 Å². The molecule has 0 saturated carbocycles. The van der Waals surface area contributed by atoms with Gasteiger partial charge in [0, 0.05) is 30.9 Å². The molecule has 5 nitrogen and oxygen atoms in total. The van der Waals surface area contributed by atoms with E-state index in [-0.39, 0.29) is 18.4 Å². The summed E-state index contributed by atoms with van der Waals surface area (Å²) in [5, 5.41) is 5.53. The fraction of sp³-hybridized carbons (Fsp3) is 0.333. The van der Waals surface area contributed by atoms with E-state index in [0.717, 1.165) is 18.7 Å². The molecule has 0 heterocycles. The third kappa shape index (κ3) is 5.34. The van der Waals surface area contributed by atoms with Crippen LogP contribution >= 0.6 is 0 Å². The molecule has 0 unspecified atom stereocenters. The average Bonchev–Trinajstić information content (AvgIpc) is 2.64. The first-order valence-corrected chi connectivity index (χ1v) is 8.94. The van der Waals surface area contributed by atoms with Crippen LogP contribution in [0.25, 0.3) is 0 Å². The standard InChI is InChI=1S/C21H27N3O2/c1-4-24(19-12-8-6-10-17(19)3)14-13-22-20(25)15-23-21(26)18-11-7-5-9-16(18)2/h5-12H,4,13-15H2,1-3H3,(H,22,25)(H,23,26). The Kier molecular flexibility index (Phi) is 7.21. The van der Waals surface area contributed by atoms with Crippen molar-refractivity contribution >= 4 is 17.5 Å². The number of carbonyl (C=O) groups excluding carboxylic acids is 2. The zero-order valence-corrected chi connectivity index (χ0v) is 15.7. The number of hydrogen-bond donors (Lipinski definition) is 2. The number of aryl methyl sites for hydroxylation is 2. The first kappa shape index (κ1) is 19.5. The molecular formula is C21H27N3O2. The predicted octanol–water partition coefficient (Wildman–Crippen LogP) is 2.68. The van der Waals surface area contributed by atoms with Crippen LogP contribution in [0.1, 0.15) is 28.4 Å². The van der Waals surface area contributed by atoms with Crippen molar-refractivity contribution in [2.45, 2.75) is 20.8 Å². The molecule has 0 aliphatic carbocycles. The molecule has 2 N–H and O–H groups in total. The second-order valence-corrected chi connectivity index (χ2v) is 6.21. The fourth-order valence-electron chi connectivity index (χ4n) is 2.84. The van der Waals surface area contributed by atoms with Gasteiger partial charge in [-0.3, -0.25) is 9.59 Å². The van der Waals surface area contributed by atoms with Gasteiger partial charge in [0.05, 0.1) is 6.54 Å². The van der Waals surface area contributed by atoms with Crippen LogP contribution in [0, 0.1) is 13.8 Å². The van der Waals surface area contributed by atoms with Crippen LogP contribution in [0.15, 0.2) is 48.5 Å². The van der Waals surface area contributed by atoms with Crippen LogP contribution in [0.4, 0.5) is 5.69 Å². The average molecular weight is 353 g/mol. The molecule has 138 valence electrons. The van der Waals surface area contributed by atoms with Gasteiger partial charge in [0.25, 0.3) is 5.91 Å². The Morgan fingerprint density at radius 2 is 1.58 bits per heavy atom. The summed E-state index contributed by atoms with van der Waals surface area (Å²) in [5.41, 5.74) is 3.88. The number of nitrogens with one attached hydrogen (secondary N) is 2. The van der Waals surface area contributed by atoms with Crippen LogP contribution in [0.5, 0.6) is 0 Å². The van der Waals surface area contributed by atoms with Gasteiger partial charge in [-0.25, -0.2) is 0 Å². The van der Waals surface area contributed by atoms with Crippen molar-refractivity contribution in [2.75, 3.05) is 31.1 Å². The minimum atomic E-state index is -0.228. The smallest absolute Gasteiger partial charge is 0.251 e. The summed E-state index contributed by atoms with van der Waals surface area (Å²) in [7, 11) is 0. The highest BCUT2D eigenvalue weighted by atomic mass is 16.2. The third-order valence-electron chi connectivity index (χ3n) is 4.34. The molecule has 0 atom stereocenters. The first-order chi connectivity index (χ1) is 12.5. The minimum absolute atomic E-state index is 0.0241. The van der Waals surface area contributed by atoms with Crippen molar-refractivity contribution in [3.05, 3.63) is 65.2 Å². The number of nitrogens with zero attached hydrogens (tertiary/aromatic N) is 1. The van der Waals surface area contributed by atoms with Crippen LogP contribution in [-0.4, -0.2) is 38.0 Å². The van der Waals surface area contributed by atoms with Crippen molar-refractivity contribution in [1.82, 2.24) is 10.6 Å². The molecule has 0 aromatic heterocycles. The Balaban J connectivity index is 1.77. The lowest BCUT2D eigenvalue weighted by molar-refractivity contribution is -0.120. The van der Waals surface area contributed by atoms with E-state index in [1.54, 1.807) is 6.07 Å². The van der Waals surface area contributed by atoms with Gasteiger partial charge in [0.1, 0.15) is 0 Å². The van der Waals surface area contributed by atoms with Crippen LogP contribution in [0.3, 0.4) is 0 Å². The second-order valence-electron chi connectivity index (χ2n) is 6.21. The van der Waals surface area contributed by atoms with E-state index in [0.29, 0.717) is 12.1 Å². The second kappa shape index (κ2) is 9.61. The Bertz CT molecular complexity index is 758. The van der Waals surface area contributed by atoms with E-state index >= 15 is 0 Å². The molecule has 0 radical (unpaired) electrons. The van der Waals surface area contributed by atoms with Crippen LogP contribution in [-0.2, 0) is 4.79 Å². The maximum Gasteiger partial charge on any atom is 0.251 e. The number of para-hydroxylation sites is 1. The Morgan fingerprint density at radius 3 is 2.23 bits per heavy atom. The molecule has 2 aromatic carbocycles. The summed E-state index contributed by atoms with van der Waals surface area (Å²) in [6.45, 7) is 8.14. The fourth-order valence-corrected chi connectivity index (χ4v) is 2.84. The van der Waals surface area contributed by atoms with Gasteiger partial charge >= 0.3 is 0 Å². The van der Waals surface area contributed by atoms with E-state index in [2.05, 4.69) is 41.5 Å². The van der Waals surface area contributed by atoms with E-state index in [1.807, 2.05) is 37.3 Å². The molecule has 2 aromatic rings. The lowest BCUT2D eigenvalue weighted by atomic mass is 10.1. The summed E-state index contributed by atoms with van der Waals surface area (Å²) >= 11 is 0. The summed E-state index contributed by atoms with van der Waals surface area (Å²) < 4.78 is 0. The van der Waals surface area contributed by atoms with Crippen LogP contribution < -0.4 is 15.5 Å². The van der Waals surface area contributed by atoms with E-state index in [1.165, 1.54) is 11.3 Å². The molecule has 0 aliphatic rings. The third-order valence-corrected chi connectivity index (χ3v) is 4.34.